The summed E-state index contributed by atoms with van der Waals surface area (Å²) in [5, 5.41) is 0.411. The Morgan fingerprint density at radius 3 is 2.43 bits per heavy atom. The third-order valence-corrected chi connectivity index (χ3v) is 6.91. The highest BCUT2D eigenvalue weighted by Crippen LogP contribution is 2.36. The van der Waals surface area contributed by atoms with Crippen LogP contribution in [0.15, 0.2) is 23.1 Å². The highest BCUT2D eigenvalue weighted by atomic mass is 35.5. The van der Waals surface area contributed by atoms with E-state index in [2.05, 4.69) is 13.8 Å². The Labute approximate surface area is 132 Å². The summed E-state index contributed by atoms with van der Waals surface area (Å²) in [6, 6.07) is 4.79. The Morgan fingerprint density at radius 1 is 1.33 bits per heavy atom. The topological polar surface area (TPSA) is 63.4 Å². The van der Waals surface area contributed by atoms with E-state index in [1.165, 1.54) is 6.07 Å². The van der Waals surface area contributed by atoms with E-state index < -0.39 is 10.0 Å². The first-order chi connectivity index (χ1) is 9.82. The van der Waals surface area contributed by atoms with Crippen molar-refractivity contribution < 1.29 is 8.42 Å². The molecule has 1 fully saturated rings. The van der Waals surface area contributed by atoms with Crippen molar-refractivity contribution in [2.75, 3.05) is 13.1 Å². The molecule has 1 heterocycles. The molecule has 1 aromatic carbocycles. The van der Waals surface area contributed by atoms with E-state index >= 15 is 0 Å². The number of benzene rings is 1. The molecule has 0 radical (unpaired) electrons. The Hall–Kier alpha value is -0.620. The number of nitrogens with two attached hydrogens (primary N) is 1. The van der Waals surface area contributed by atoms with Gasteiger partial charge in [-0.05, 0) is 36.0 Å². The fraction of sp³-hybridized carbons (Fsp3) is 0.600. The molecule has 0 bridgehead atoms. The number of sulfonamides is 1. The van der Waals surface area contributed by atoms with Crippen LogP contribution in [0.4, 0.5) is 0 Å². The van der Waals surface area contributed by atoms with Gasteiger partial charge in [0.05, 0.1) is 4.90 Å². The molecule has 1 aliphatic rings. The number of piperidine rings is 1. The molecular weight excluding hydrogens is 308 g/mol. The smallest absolute Gasteiger partial charge is 0.243 e. The van der Waals surface area contributed by atoms with E-state index in [4.69, 9.17) is 17.3 Å². The minimum Gasteiger partial charge on any atom is -0.326 e. The van der Waals surface area contributed by atoms with E-state index in [-0.39, 0.29) is 10.3 Å². The van der Waals surface area contributed by atoms with E-state index in [9.17, 15) is 8.42 Å². The molecule has 0 spiro atoms. The van der Waals surface area contributed by atoms with Gasteiger partial charge in [-0.2, -0.15) is 4.31 Å². The number of halogens is 1. The van der Waals surface area contributed by atoms with Crippen LogP contribution in [0.3, 0.4) is 0 Å². The van der Waals surface area contributed by atoms with Gasteiger partial charge in [0.15, 0.2) is 0 Å². The zero-order valence-corrected chi connectivity index (χ0v) is 14.2. The van der Waals surface area contributed by atoms with Gasteiger partial charge in [0, 0.05) is 24.7 Å². The second-order valence-electron chi connectivity index (χ2n) is 6.03. The lowest BCUT2D eigenvalue weighted by Crippen LogP contribution is -2.41. The fourth-order valence-electron chi connectivity index (χ4n) is 2.62. The van der Waals surface area contributed by atoms with Crippen LogP contribution in [-0.4, -0.2) is 25.8 Å². The largest absolute Gasteiger partial charge is 0.326 e. The fourth-order valence-corrected chi connectivity index (χ4v) is 4.41. The molecule has 6 heteroatoms. The summed E-state index contributed by atoms with van der Waals surface area (Å²) in [7, 11) is -3.46. The lowest BCUT2D eigenvalue weighted by molar-refractivity contribution is 0.169. The van der Waals surface area contributed by atoms with Gasteiger partial charge in [-0.25, -0.2) is 8.42 Å². The monoisotopic (exact) mass is 330 g/mol. The summed E-state index contributed by atoms with van der Waals surface area (Å²) in [5.41, 5.74) is 6.57. The van der Waals surface area contributed by atoms with Crippen molar-refractivity contribution in [1.29, 1.82) is 0 Å². The summed E-state index contributed by atoms with van der Waals surface area (Å²) < 4.78 is 26.9. The minimum atomic E-state index is -3.46. The number of hydrogen-bond acceptors (Lipinski definition) is 3. The van der Waals surface area contributed by atoms with E-state index in [1.54, 1.807) is 16.4 Å². The molecule has 2 N–H and O–H groups in total. The lowest BCUT2D eigenvalue weighted by Gasteiger charge is -2.38. The Bertz CT molecular complexity index is 608. The van der Waals surface area contributed by atoms with Crippen LogP contribution in [0, 0.1) is 5.41 Å². The third-order valence-electron chi connectivity index (χ3n) is 4.67. The molecule has 1 aliphatic heterocycles. The summed E-state index contributed by atoms with van der Waals surface area (Å²) in [6.45, 7) is 5.84. The van der Waals surface area contributed by atoms with Gasteiger partial charge < -0.3 is 5.73 Å². The van der Waals surface area contributed by atoms with Crippen LogP contribution in [0.2, 0.25) is 5.02 Å². The zero-order chi connectivity index (χ0) is 15.7. The van der Waals surface area contributed by atoms with Crippen molar-refractivity contribution in [2.24, 2.45) is 11.1 Å². The first-order valence-corrected chi connectivity index (χ1v) is 9.13. The molecule has 4 nitrogen and oxygen atoms in total. The van der Waals surface area contributed by atoms with E-state index in [0.717, 1.165) is 24.8 Å². The molecular formula is C15H23ClN2O2S. The molecule has 1 aromatic rings. The van der Waals surface area contributed by atoms with Crippen LogP contribution < -0.4 is 5.73 Å². The zero-order valence-electron chi connectivity index (χ0n) is 12.6. The predicted molar refractivity (Wildman–Crippen MR) is 85.7 cm³/mol. The quantitative estimate of drug-likeness (QED) is 0.923. The molecule has 0 atom stereocenters. The van der Waals surface area contributed by atoms with Crippen molar-refractivity contribution in [3.05, 3.63) is 28.8 Å². The molecule has 1 saturated heterocycles. The average Bonchev–Trinajstić information content (AvgIpc) is 2.47. The van der Waals surface area contributed by atoms with Crippen LogP contribution >= 0.6 is 11.6 Å². The SMILES string of the molecule is CCC1(C)CCN(S(=O)(=O)c2ccc(CN)c(Cl)c2)CC1. The standard InChI is InChI=1S/C15H23ClN2O2S/c1-3-15(2)6-8-18(9-7-15)21(19,20)13-5-4-12(11-17)14(16)10-13/h4-5,10H,3,6-9,11,17H2,1-2H3. The molecule has 0 amide bonds. The molecule has 118 valence electrons. The Morgan fingerprint density at radius 2 is 1.95 bits per heavy atom. The average molecular weight is 331 g/mol. The van der Waals surface area contributed by atoms with Gasteiger partial charge in [-0.1, -0.05) is 37.9 Å². The summed E-state index contributed by atoms with van der Waals surface area (Å²) in [4.78, 5) is 0.254. The first-order valence-electron chi connectivity index (χ1n) is 7.31. The van der Waals surface area contributed by atoms with Crippen LogP contribution in [0.1, 0.15) is 38.7 Å². The first kappa shape index (κ1) is 16.7. The van der Waals surface area contributed by atoms with Crippen LogP contribution in [0.5, 0.6) is 0 Å². The molecule has 0 aliphatic carbocycles. The second kappa shape index (κ2) is 6.24. The molecule has 0 unspecified atom stereocenters. The van der Waals surface area contributed by atoms with Gasteiger partial charge in [0.1, 0.15) is 0 Å². The normalized spacial score (nSPS) is 19.6. The Kier molecular flexibility index (Phi) is 4.98. The minimum absolute atomic E-state index is 0.254. The maximum atomic E-state index is 12.7. The molecule has 2 rings (SSSR count). The van der Waals surface area contributed by atoms with Gasteiger partial charge in [-0.3, -0.25) is 0 Å². The van der Waals surface area contributed by atoms with Crippen LogP contribution in [-0.2, 0) is 16.6 Å². The van der Waals surface area contributed by atoms with E-state index in [1.807, 2.05) is 0 Å². The lowest BCUT2D eigenvalue weighted by atomic mass is 9.79. The van der Waals surface area contributed by atoms with Crippen molar-refractivity contribution in [3.8, 4) is 0 Å². The molecule has 0 saturated carbocycles. The summed E-state index contributed by atoms with van der Waals surface area (Å²) in [6.07, 6.45) is 2.88. The van der Waals surface area contributed by atoms with Gasteiger partial charge >= 0.3 is 0 Å². The van der Waals surface area contributed by atoms with E-state index in [0.29, 0.717) is 24.7 Å². The van der Waals surface area contributed by atoms with Gasteiger partial charge in [-0.15, -0.1) is 0 Å². The van der Waals surface area contributed by atoms with Crippen LogP contribution in [0.25, 0.3) is 0 Å². The van der Waals surface area contributed by atoms with Crippen molar-refractivity contribution in [3.63, 3.8) is 0 Å². The Balaban J connectivity index is 2.21. The number of hydrogen-bond donors (Lipinski definition) is 1. The highest BCUT2D eigenvalue weighted by molar-refractivity contribution is 7.89. The maximum Gasteiger partial charge on any atom is 0.243 e. The third kappa shape index (κ3) is 3.42. The molecule has 0 aromatic heterocycles. The summed E-state index contributed by atoms with van der Waals surface area (Å²) >= 11 is 6.08. The second-order valence-corrected chi connectivity index (χ2v) is 8.37. The van der Waals surface area contributed by atoms with Crippen molar-refractivity contribution >= 4 is 21.6 Å². The number of rotatable bonds is 4. The van der Waals surface area contributed by atoms with Crippen molar-refractivity contribution in [1.82, 2.24) is 4.31 Å². The highest BCUT2D eigenvalue weighted by Gasteiger charge is 2.34. The maximum absolute atomic E-state index is 12.7. The predicted octanol–water partition coefficient (Wildman–Crippen LogP) is 3.00. The van der Waals surface area contributed by atoms with Crippen molar-refractivity contribution in [2.45, 2.75) is 44.6 Å². The van der Waals surface area contributed by atoms with Gasteiger partial charge in [0.25, 0.3) is 0 Å². The summed E-state index contributed by atoms with van der Waals surface area (Å²) in [5.74, 6) is 0. The van der Waals surface area contributed by atoms with Gasteiger partial charge in [0.2, 0.25) is 10.0 Å². The number of nitrogens with zero attached hydrogens (tertiary/aromatic N) is 1. The molecule has 21 heavy (non-hydrogen) atoms.